The largest absolute Gasteiger partial charge is 0.351 e. The summed E-state index contributed by atoms with van der Waals surface area (Å²) in [7, 11) is 0. The van der Waals surface area contributed by atoms with Gasteiger partial charge in [-0.3, -0.25) is 4.79 Å². The summed E-state index contributed by atoms with van der Waals surface area (Å²) < 4.78 is 1.76. The maximum atomic E-state index is 12.0. The lowest BCUT2D eigenvalue weighted by Gasteiger charge is -2.05. The van der Waals surface area contributed by atoms with Crippen LogP contribution in [0.5, 0.6) is 0 Å². The van der Waals surface area contributed by atoms with Crippen LogP contribution in [0.3, 0.4) is 0 Å². The minimum absolute atomic E-state index is 0. The van der Waals surface area contributed by atoms with Crippen molar-refractivity contribution in [2.75, 3.05) is 6.54 Å². The Kier molecular flexibility index (Phi) is 6.39. The lowest BCUT2D eigenvalue weighted by atomic mass is 10.2. The number of hydrogen-bond donors (Lipinski definition) is 2. The summed E-state index contributed by atoms with van der Waals surface area (Å²) >= 11 is 0. The molecule has 1 aromatic heterocycles. The van der Waals surface area contributed by atoms with Gasteiger partial charge in [0.15, 0.2) is 5.69 Å². The number of nitrogens with zero attached hydrogens (tertiary/aromatic N) is 2. The van der Waals surface area contributed by atoms with Gasteiger partial charge in [0.25, 0.3) is 5.91 Å². The summed E-state index contributed by atoms with van der Waals surface area (Å²) in [6.45, 7) is 4.41. The van der Waals surface area contributed by atoms with Gasteiger partial charge in [-0.25, -0.2) is 4.68 Å². The van der Waals surface area contributed by atoms with E-state index in [1.54, 1.807) is 10.7 Å². The Bertz CT molecular complexity index is 581. The predicted octanol–water partition coefficient (Wildman–Crippen LogP) is 2.07. The average molecular weight is 309 g/mol. The van der Waals surface area contributed by atoms with E-state index in [1.807, 2.05) is 44.2 Å². The molecule has 1 atom stereocenters. The first-order chi connectivity index (χ1) is 9.58. The molecule has 0 bridgehead atoms. The topological polar surface area (TPSA) is 72.9 Å². The number of carbonyl (C=O) groups excluding carboxylic acids is 1. The van der Waals surface area contributed by atoms with Gasteiger partial charge in [0.05, 0.1) is 5.69 Å². The van der Waals surface area contributed by atoms with E-state index in [2.05, 4.69) is 10.4 Å². The average Bonchev–Trinajstić information content (AvgIpc) is 2.81. The monoisotopic (exact) mass is 308 g/mol. The molecular weight excluding hydrogens is 288 g/mol. The first kappa shape index (κ1) is 17.2. The van der Waals surface area contributed by atoms with E-state index in [1.165, 1.54) is 0 Å². The van der Waals surface area contributed by atoms with Crippen LogP contribution < -0.4 is 11.1 Å². The van der Waals surface area contributed by atoms with Gasteiger partial charge in [-0.2, -0.15) is 5.10 Å². The zero-order valence-electron chi connectivity index (χ0n) is 12.2. The molecule has 0 spiro atoms. The third kappa shape index (κ3) is 4.58. The Hall–Kier alpha value is -1.85. The third-order valence-electron chi connectivity index (χ3n) is 3.01. The van der Waals surface area contributed by atoms with E-state index in [9.17, 15) is 4.79 Å². The van der Waals surface area contributed by atoms with Crippen molar-refractivity contribution in [3.8, 4) is 5.69 Å². The second-order valence-corrected chi connectivity index (χ2v) is 4.94. The molecule has 0 fully saturated rings. The van der Waals surface area contributed by atoms with Gasteiger partial charge < -0.3 is 11.1 Å². The van der Waals surface area contributed by atoms with E-state index < -0.39 is 0 Å². The summed E-state index contributed by atoms with van der Waals surface area (Å²) in [5.41, 5.74) is 7.95. The standard InChI is InChI=1S/C15H20N4O.ClH/c1-11(16)8-9-17-15(20)14-10-12(2)19(18-14)13-6-4-3-5-7-13;/h3-7,10-11H,8-9,16H2,1-2H3,(H,17,20);1H. The zero-order chi connectivity index (χ0) is 14.5. The third-order valence-corrected chi connectivity index (χ3v) is 3.01. The van der Waals surface area contributed by atoms with Crippen molar-refractivity contribution in [3.63, 3.8) is 0 Å². The molecule has 0 aliphatic rings. The molecule has 3 N–H and O–H groups in total. The van der Waals surface area contributed by atoms with Crippen molar-refractivity contribution in [2.45, 2.75) is 26.3 Å². The normalized spacial score (nSPS) is 11.6. The van der Waals surface area contributed by atoms with Crippen molar-refractivity contribution in [2.24, 2.45) is 5.73 Å². The van der Waals surface area contributed by atoms with E-state index in [4.69, 9.17) is 5.73 Å². The fraction of sp³-hybridized carbons (Fsp3) is 0.333. The van der Waals surface area contributed by atoms with Crippen LogP contribution in [0.2, 0.25) is 0 Å². The van der Waals surface area contributed by atoms with Crippen molar-refractivity contribution < 1.29 is 4.79 Å². The van der Waals surface area contributed by atoms with Crippen LogP contribution >= 0.6 is 12.4 Å². The number of nitrogens with one attached hydrogen (secondary N) is 1. The number of amides is 1. The number of rotatable bonds is 5. The number of aryl methyl sites for hydroxylation is 1. The van der Waals surface area contributed by atoms with Gasteiger partial charge in [0, 0.05) is 18.3 Å². The highest BCUT2D eigenvalue weighted by Gasteiger charge is 2.12. The first-order valence-corrected chi connectivity index (χ1v) is 6.74. The fourth-order valence-electron chi connectivity index (χ4n) is 1.92. The van der Waals surface area contributed by atoms with Gasteiger partial charge >= 0.3 is 0 Å². The van der Waals surface area contributed by atoms with Gasteiger partial charge in [0.1, 0.15) is 0 Å². The summed E-state index contributed by atoms with van der Waals surface area (Å²) in [6, 6.07) is 11.6. The van der Waals surface area contributed by atoms with Crippen molar-refractivity contribution in [3.05, 3.63) is 47.8 Å². The molecule has 1 unspecified atom stereocenters. The van der Waals surface area contributed by atoms with E-state index >= 15 is 0 Å². The highest BCUT2D eigenvalue weighted by atomic mass is 35.5. The zero-order valence-corrected chi connectivity index (χ0v) is 13.1. The lowest BCUT2D eigenvalue weighted by molar-refractivity contribution is 0.0947. The molecule has 2 aromatic rings. The SMILES string of the molecule is Cc1cc(C(=O)NCCC(C)N)nn1-c1ccccc1.Cl. The quantitative estimate of drug-likeness (QED) is 0.888. The second kappa shape index (κ2) is 7.81. The van der Waals surface area contributed by atoms with E-state index in [-0.39, 0.29) is 24.4 Å². The summed E-state index contributed by atoms with van der Waals surface area (Å²) in [5, 5.41) is 7.18. The lowest BCUT2D eigenvalue weighted by Crippen LogP contribution is -2.29. The van der Waals surface area contributed by atoms with Gasteiger partial charge in [-0.1, -0.05) is 18.2 Å². The molecule has 0 aliphatic carbocycles. The molecule has 2 rings (SSSR count). The maximum absolute atomic E-state index is 12.0. The minimum atomic E-state index is -0.163. The van der Waals surface area contributed by atoms with Crippen molar-refractivity contribution >= 4 is 18.3 Å². The molecule has 0 saturated heterocycles. The molecule has 1 heterocycles. The number of aromatic nitrogens is 2. The molecule has 0 radical (unpaired) electrons. The molecule has 1 amide bonds. The van der Waals surface area contributed by atoms with Crippen LogP contribution in [0, 0.1) is 6.92 Å². The molecule has 1 aromatic carbocycles. The fourth-order valence-corrected chi connectivity index (χ4v) is 1.92. The van der Waals surface area contributed by atoms with Gasteiger partial charge in [-0.05, 0) is 38.5 Å². The van der Waals surface area contributed by atoms with E-state index in [0.29, 0.717) is 12.2 Å². The minimum Gasteiger partial charge on any atom is -0.351 e. The Balaban J connectivity index is 0.00000220. The molecule has 0 aliphatic heterocycles. The number of halogens is 1. The number of carbonyl (C=O) groups is 1. The Morgan fingerprint density at radius 3 is 2.67 bits per heavy atom. The molecule has 21 heavy (non-hydrogen) atoms. The Morgan fingerprint density at radius 2 is 2.05 bits per heavy atom. The second-order valence-electron chi connectivity index (χ2n) is 4.94. The molecular formula is C15H21ClN4O. The number of hydrogen-bond acceptors (Lipinski definition) is 3. The first-order valence-electron chi connectivity index (χ1n) is 6.74. The summed E-state index contributed by atoms with van der Waals surface area (Å²) in [4.78, 5) is 12.0. The Morgan fingerprint density at radius 1 is 1.38 bits per heavy atom. The van der Waals surface area contributed by atoms with Crippen molar-refractivity contribution in [1.82, 2.24) is 15.1 Å². The molecule has 0 saturated carbocycles. The van der Waals surface area contributed by atoms with Gasteiger partial charge in [-0.15, -0.1) is 12.4 Å². The van der Waals surface area contributed by atoms with Crippen LogP contribution in [-0.4, -0.2) is 28.3 Å². The molecule has 5 nitrogen and oxygen atoms in total. The number of para-hydroxylation sites is 1. The number of nitrogens with two attached hydrogens (primary N) is 1. The van der Waals surface area contributed by atoms with Crippen LogP contribution in [0.4, 0.5) is 0 Å². The van der Waals surface area contributed by atoms with Gasteiger partial charge in [0.2, 0.25) is 0 Å². The molecule has 6 heteroatoms. The van der Waals surface area contributed by atoms with Crippen LogP contribution in [0.15, 0.2) is 36.4 Å². The highest BCUT2D eigenvalue weighted by Crippen LogP contribution is 2.11. The van der Waals surface area contributed by atoms with Crippen molar-refractivity contribution in [1.29, 1.82) is 0 Å². The number of benzene rings is 1. The van der Waals surface area contributed by atoms with E-state index in [0.717, 1.165) is 17.8 Å². The van der Waals surface area contributed by atoms with Crippen LogP contribution in [-0.2, 0) is 0 Å². The Labute approximate surface area is 130 Å². The maximum Gasteiger partial charge on any atom is 0.271 e. The summed E-state index contributed by atoms with van der Waals surface area (Å²) in [5.74, 6) is -0.163. The van der Waals surface area contributed by atoms with Crippen LogP contribution in [0.1, 0.15) is 29.5 Å². The smallest absolute Gasteiger partial charge is 0.271 e. The predicted molar refractivity (Wildman–Crippen MR) is 86.1 cm³/mol. The van der Waals surface area contributed by atoms with Crippen LogP contribution in [0.25, 0.3) is 5.69 Å². The molecule has 114 valence electrons. The summed E-state index contributed by atoms with van der Waals surface area (Å²) in [6.07, 6.45) is 0.754. The highest BCUT2D eigenvalue weighted by molar-refractivity contribution is 5.92.